The second kappa shape index (κ2) is 4.64. The van der Waals surface area contributed by atoms with Gasteiger partial charge in [-0.2, -0.15) is 0 Å². The number of fused-ring (bicyclic) bond motifs is 1. The average Bonchev–Trinajstić information content (AvgIpc) is 2.92. The van der Waals surface area contributed by atoms with E-state index in [-0.39, 0.29) is 34.4 Å². The Bertz CT molecular complexity index is 647. The molecule has 0 aromatic heterocycles. The van der Waals surface area contributed by atoms with Crippen LogP contribution in [0, 0.1) is 0 Å². The summed E-state index contributed by atoms with van der Waals surface area (Å²) in [5.74, 6) is -1.43. The van der Waals surface area contributed by atoms with Crippen molar-refractivity contribution >= 4 is 46.7 Å². The van der Waals surface area contributed by atoms with Crippen LogP contribution in [-0.2, 0) is 9.53 Å². The van der Waals surface area contributed by atoms with Gasteiger partial charge in [-0.25, -0.2) is 4.79 Å². The zero-order valence-corrected chi connectivity index (χ0v) is 11.5. The van der Waals surface area contributed by atoms with Gasteiger partial charge in [0.15, 0.2) is 0 Å². The van der Waals surface area contributed by atoms with Crippen LogP contribution < -0.4 is 10.2 Å². The smallest absolute Gasteiger partial charge is 0.407 e. The monoisotopic (exact) mass is 314 g/mol. The Morgan fingerprint density at radius 1 is 1.25 bits per heavy atom. The fourth-order valence-corrected chi connectivity index (χ4v) is 2.76. The third-order valence-corrected chi connectivity index (χ3v) is 3.77. The van der Waals surface area contributed by atoms with Gasteiger partial charge in [-0.05, 0) is 12.1 Å². The number of carbonyl (C=O) groups excluding carboxylic acids is 3. The maximum atomic E-state index is 12.0. The number of carbonyl (C=O) groups is 3. The van der Waals surface area contributed by atoms with Gasteiger partial charge >= 0.3 is 6.09 Å². The summed E-state index contributed by atoms with van der Waals surface area (Å²) in [6, 6.07) is 2.98. The van der Waals surface area contributed by atoms with Crippen molar-refractivity contribution in [2.24, 2.45) is 0 Å². The molecule has 1 aromatic carbocycles. The van der Waals surface area contributed by atoms with E-state index in [0.29, 0.717) is 0 Å². The summed E-state index contributed by atoms with van der Waals surface area (Å²) >= 11 is 12.0. The molecule has 2 heterocycles. The fraction of sp³-hybridized carbons (Fsp3) is 0.250. The molecule has 0 radical (unpaired) electrons. The number of alkyl carbamates (subject to hydrolysis) is 1. The Morgan fingerprint density at radius 3 is 2.60 bits per heavy atom. The van der Waals surface area contributed by atoms with E-state index in [0.717, 1.165) is 0 Å². The molecule has 1 atom stereocenters. The summed E-state index contributed by atoms with van der Waals surface area (Å²) < 4.78 is 4.96. The van der Waals surface area contributed by atoms with E-state index in [4.69, 9.17) is 27.9 Å². The summed E-state index contributed by atoms with van der Waals surface area (Å²) in [6.45, 7) is 0.320. The maximum absolute atomic E-state index is 12.0. The molecule has 0 saturated carbocycles. The summed E-state index contributed by atoms with van der Waals surface area (Å²) in [5, 5.41) is 2.90. The third-order valence-electron chi connectivity index (χ3n) is 3.15. The molecule has 2 aliphatic heterocycles. The lowest BCUT2D eigenvalue weighted by molar-refractivity contribution is -0.114. The first-order valence-corrected chi connectivity index (χ1v) is 6.53. The van der Waals surface area contributed by atoms with E-state index < -0.39 is 23.9 Å². The van der Waals surface area contributed by atoms with Crippen molar-refractivity contribution in [2.75, 3.05) is 18.0 Å². The highest BCUT2D eigenvalue weighted by Gasteiger charge is 2.41. The lowest BCUT2D eigenvalue weighted by Crippen LogP contribution is -2.38. The molecule has 2 aliphatic rings. The van der Waals surface area contributed by atoms with Gasteiger partial charge in [-0.15, -0.1) is 0 Å². The van der Waals surface area contributed by atoms with Gasteiger partial charge in [0.2, 0.25) is 0 Å². The van der Waals surface area contributed by atoms with Gasteiger partial charge in [0.25, 0.3) is 11.7 Å². The summed E-state index contributed by atoms with van der Waals surface area (Å²) in [5.41, 5.74) is 0.374. The number of cyclic esters (lactones) is 1. The fourth-order valence-electron chi connectivity index (χ4n) is 2.26. The van der Waals surface area contributed by atoms with Gasteiger partial charge in [0, 0.05) is 0 Å². The van der Waals surface area contributed by atoms with Crippen molar-refractivity contribution in [3.05, 3.63) is 27.7 Å². The Balaban J connectivity index is 1.98. The SMILES string of the molecule is O=C1NCC(CN2C(=O)C(=O)c3c(Cl)ccc(Cl)c32)O1. The maximum Gasteiger partial charge on any atom is 0.407 e. The number of hydrogen-bond donors (Lipinski definition) is 1. The van der Waals surface area contributed by atoms with E-state index >= 15 is 0 Å². The molecule has 1 unspecified atom stereocenters. The number of rotatable bonds is 2. The second-order valence-corrected chi connectivity index (χ2v) is 5.22. The zero-order chi connectivity index (χ0) is 14.4. The van der Waals surface area contributed by atoms with Gasteiger partial charge in [-0.1, -0.05) is 23.2 Å². The zero-order valence-electron chi connectivity index (χ0n) is 9.98. The number of hydrogen-bond acceptors (Lipinski definition) is 4. The molecule has 0 aliphatic carbocycles. The van der Waals surface area contributed by atoms with E-state index in [9.17, 15) is 14.4 Å². The summed E-state index contributed by atoms with van der Waals surface area (Å²) in [4.78, 5) is 36.2. The van der Waals surface area contributed by atoms with Gasteiger partial charge in [-0.3, -0.25) is 14.5 Å². The van der Waals surface area contributed by atoms with Crippen molar-refractivity contribution < 1.29 is 19.1 Å². The van der Waals surface area contributed by atoms with E-state index in [2.05, 4.69) is 5.32 Å². The molecule has 20 heavy (non-hydrogen) atoms. The Morgan fingerprint density at radius 2 is 1.95 bits per heavy atom. The van der Waals surface area contributed by atoms with Crippen molar-refractivity contribution in [1.82, 2.24) is 5.32 Å². The molecule has 1 fully saturated rings. The van der Waals surface area contributed by atoms with Crippen molar-refractivity contribution in [3.63, 3.8) is 0 Å². The number of halogens is 2. The molecule has 3 rings (SSSR count). The van der Waals surface area contributed by atoms with E-state index in [1.54, 1.807) is 0 Å². The minimum Gasteiger partial charge on any atom is -0.442 e. The molecular weight excluding hydrogens is 307 g/mol. The number of ketones is 1. The van der Waals surface area contributed by atoms with Crippen LogP contribution in [0.25, 0.3) is 0 Å². The molecule has 1 N–H and O–H groups in total. The predicted octanol–water partition coefficient (Wildman–Crippen LogP) is 1.63. The third kappa shape index (κ3) is 1.92. The number of anilines is 1. The highest BCUT2D eigenvalue weighted by Crippen LogP contribution is 2.40. The Labute approximate surface area is 123 Å². The largest absolute Gasteiger partial charge is 0.442 e. The number of ether oxygens (including phenoxy) is 1. The van der Waals surface area contributed by atoms with Crippen molar-refractivity contribution in [1.29, 1.82) is 0 Å². The van der Waals surface area contributed by atoms with Crippen LogP contribution in [0.3, 0.4) is 0 Å². The predicted molar refractivity (Wildman–Crippen MR) is 71.4 cm³/mol. The molecule has 1 saturated heterocycles. The molecule has 1 aromatic rings. The average molecular weight is 315 g/mol. The minimum absolute atomic E-state index is 0.0520. The number of nitrogens with zero attached hydrogens (tertiary/aromatic N) is 1. The first-order chi connectivity index (χ1) is 9.49. The van der Waals surface area contributed by atoms with Crippen LogP contribution in [-0.4, -0.2) is 37.0 Å². The van der Waals surface area contributed by atoms with Crippen LogP contribution in [0.2, 0.25) is 10.0 Å². The molecule has 104 valence electrons. The summed E-state index contributed by atoms with van der Waals surface area (Å²) in [6.07, 6.45) is -1.08. The van der Waals surface area contributed by atoms with Gasteiger partial charge < -0.3 is 10.1 Å². The number of Topliss-reactive ketones (excluding diaryl/α,β-unsaturated/α-hetero) is 1. The first kappa shape index (κ1) is 13.2. The summed E-state index contributed by atoms with van der Waals surface area (Å²) in [7, 11) is 0. The first-order valence-electron chi connectivity index (χ1n) is 5.77. The Kier molecular flexibility index (Phi) is 3.07. The van der Waals surface area contributed by atoms with Gasteiger partial charge in [0.1, 0.15) is 6.10 Å². The molecular formula is C12H8Cl2N2O4. The van der Waals surface area contributed by atoms with Crippen LogP contribution in [0.15, 0.2) is 12.1 Å². The number of nitrogens with one attached hydrogen (secondary N) is 1. The topological polar surface area (TPSA) is 75.7 Å². The minimum atomic E-state index is -0.724. The standard InChI is InChI=1S/C12H8Cl2N2O4/c13-6-1-2-7(14)9-8(6)10(17)11(18)16(9)4-5-3-15-12(19)20-5/h1-2,5H,3-4H2,(H,15,19). The van der Waals surface area contributed by atoms with Crippen LogP contribution in [0.1, 0.15) is 10.4 Å². The van der Waals surface area contributed by atoms with E-state index in [1.807, 2.05) is 0 Å². The highest BCUT2D eigenvalue weighted by molar-refractivity contribution is 6.57. The van der Waals surface area contributed by atoms with E-state index in [1.165, 1.54) is 17.0 Å². The second-order valence-electron chi connectivity index (χ2n) is 4.41. The van der Waals surface area contributed by atoms with Crippen molar-refractivity contribution in [2.45, 2.75) is 6.10 Å². The molecule has 6 nitrogen and oxygen atoms in total. The lowest BCUT2D eigenvalue weighted by Gasteiger charge is -2.20. The highest BCUT2D eigenvalue weighted by atomic mass is 35.5. The number of amides is 2. The quantitative estimate of drug-likeness (QED) is 0.842. The van der Waals surface area contributed by atoms with Crippen molar-refractivity contribution in [3.8, 4) is 0 Å². The Hall–Kier alpha value is -1.79. The molecule has 0 spiro atoms. The van der Waals surface area contributed by atoms with Gasteiger partial charge in [0.05, 0.1) is 34.4 Å². The normalized spacial score (nSPS) is 21.0. The molecule has 8 heteroatoms. The molecule has 0 bridgehead atoms. The van der Waals surface area contributed by atoms with Crippen LogP contribution >= 0.6 is 23.2 Å². The molecule has 2 amide bonds. The van der Waals surface area contributed by atoms with Crippen LogP contribution in [0.5, 0.6) is 0 Å². The number of benzene rings is 1. The lowest BCUT2D eigenvalue weighted by atomic mass is 10.1. The van der Waals surface area contributed by atoms with Crippen LogP contribution in [0.4, 0.5) is 10.5 Å².